The van der Waals surface area contributed by atoms with Crippen LogP contribution in [0.15, 0.2) is 16.4 Å². The van der Waals surface area contributed by atoms with Gasteiger partial charge in [0.25, 0.3) is 0 Å². The number of thiazole rings is 1. The topological polar surface area (TPSA) is 59.3 Å². The van der Waals surface area contributed by atoms with E-state index in [0.29, 0.717) is 0 Å². The van der Waals surface area contributed by atoms with E-state index in [4.69, 9.17) is 5.11 Å². The molecule has 0 aromatic carbocycles. The third kappa shape index (κ3) is 2.18. The highest BCUT2D eigenvalue weighted by Crippen LogP contribution is 2.17. The minimum absolute atomic E-state index is 0.116. The first-order chi connectivity index (χ1) is 5.93. The van der Waals surface area contributed by atoms with Crippen LogP contribution in [0.5, 0.6) is 0 Å². The first-order valence-corrected chi connectivity index (χ1v) is 4.69. The van der Waals surface area contributed by atoms with E-state index in [0.717, 1.165) is 11.3 Å². The molecule has 1 aromatic rings. The summed E-state index contributed by atoms with van der Waals surface area (Å²) in [5, 5.41) is 10.5. The maximum absolute atomic E-state index is 11.1. The SMILES string of the molecule is CC(C)(Cn1ccsc1=O)C(=O)O. The van der Waals surface area contributed by atoms with Crippen LogP contribution in [-0.2, 0) is 11.3 Å². The number of carbonyl (C=O) groups is 1. The van der Waals surface area contributed by atoms with E-state index in [2.05, 4.69) is 0 Å². The van der Waals surface area contributed by atoms with Crippen LogP contribution in [0.4, 0.5) is 0 Å². The zero-order valence-electron chi connectivity index (χ0n) is 7.48. The van der Waals surface area contributed by atoms with Gasteiger partial charge in [-0.15, -0.1) is 0 Å². The molecule has 1 rings (SSSR count). The van der Waals surface area contributed by atoms with Gasteiger partial charge in [0.05, 0.1) is 5.41 Å². The van der Waals surface area contributed by atoms with Gasteiger partial charge in [0.2, 0.25) is 0 Å². The van der Waals surface area contributed by atoms with Gasteiger partial charge in [0.15, 0.2) is 0 Å². The van der Waals surface area contributed by atoms with Crippen LogP contribution in [0.2, 0.25) is 0 Å². The zero-order chi connectivity index (χ0) is 10.1. The average molecular weight is 201 g/mol. The third-order valence-corrected chi connectivity index (χ3v) is 2.48. The third-order valence-electron chi connectivity index (χ3n) is 1.79. The first kappa shape index (κ1) is 9.98. The molecule has 5 heteroatoms. The lowest BCUT2D eigenvalue weighted by atomic mass is 9.94. The summed E-state index contributed by atoms with van der Waals surface area (Å²) in [5.74, 6) is -0.898. The molecule has 72 valence electrons. The van der Waals surface area contributed by atoms with Crippen LogP contribution in [0.3, 0.4) is 0 Å². The second kappa shape index (κ2) is 3.33. The largest absolute Gasteiger partial charge is 0.481 e. The zero-order valence-corrected chi connectivity index (χ0v) is 8.30. The van der Waals surface area contributed by atoms with E-state index in [1.54, 1.807) is 25.4 Å². The molecule has 0 bridgehead atoms. The number of carboxylic acids is 1. The highest BCUT2D eigenvalue weighted by Gasteiger charge is 2.27. The Bertz CT molecular complexity index is 363. The van der Waals surface area contributed by atoms with Gasteiger partial charge in [-0.25, -0.2) is 0 Å². The summed E-state index contributed by atoms with van der Waals surface area (Å²) in [6.45, 7) is 3.41. The molecule has 1 aromatic heterocycles. The fraction of sp³-hybridized carbons (Fsp3) is 0.500. The average Bonchev–Trinajstić information content (AvgIpc) is 2.35. The molecule has 0 saturated carbocycles. The summed E-state index contributed by atoms with van der Waals surface area (Å²) in [7, 11) is 0. The molecule has 0 aliphatic carbocycles. The van der Waals surface area contributed by atoms with Gasteiger partial charge >= 0.3 is 10.8 Å². The molecular formula is C8H11NO3S. The van der Waals surface area contributed by atoms with Crippen molar-refractivity contribution in [2.24, 2.45) is 5.41 Å². The molecule has 0 saturated heterocycles. The molecule has 0 fully saturated rings. The van der Waals surface area contributed by atoms with Gasteiger partial charge in [-0.2, -0.15) is 0 Å². The summed E-state index contributed by atoms with van der Waals surface area (Å²) in [6, 6.07) is 0. The predicted molar refractivity (Wildman–Crippen MR) is 50.0 cm³/mol. The Balaban J connectivity index is 2.87. The van der Waals surface area contributed by atoms with Crippen molar-refractivity contribution in [1.29, 1.82) is 0 Å². The monoisotopic (exact) mass is 201 g/mol. The van der Waals surface area contributed by atoms with Gasteiger partial charge < -0.3 is 9.67 Å². The lowest BCUT2D eigenvalue weighted by Crippen LogP contribution is -2.31. The van der Waals surface area contributed by atoms with Gasteiger partial charge in [-0.1, -0.05) is 11.3 Å². The molecule has 1 heterocycles. The Morgan fingerprint density at radius 3 is 2.69 bits per heavy atom. The van der Waals surface area contributed by atoms with E-state index in [9.17, 15) is 9.59 Å². The number of nitrogens with zero attached hydrogens (tertiary/aromatic N) is 1. The predicted octanol–water partition coefficient (Wildman–Crippen LogP) is 1.02. The van der Waals surface area contributed by atoms with Crippen LogP contribution in [0, 0.1) is 5.41 Å². The van der Waals surface area contributed by atoms with E-state index >= 15 is 0 Å². The molecule has 0 radical (unpaired) electrons. The highest BCUT2D eigenvalue weighted by molar-refractivity contribution is 7.07. The minimum Gasteiger partial charge on any atom is -0.481 e. The quantitative estimate of drug-likeness (QED) is 0.794. The van der Waals surface area contributed by atoms with Crippen LogP contribution < -0.4 is 4.87 Å². The maximum Gasteiger partial charge on any atom is 0.310 e. The molecule has 0 spiro atoms. The molecule has 0 atom stereocenters. The van der Waals surface area contributed by atoms with Crippen LogP contribution in [0.1, 0.15) is 13.8 Å². The number of aliphatic carboxylic acids is 1. The van der Waals surface area contributed by atoms with Crippen molar-refractivity contribution in [1.82, 2.24) is 4.57 Å². The van der Waals surface area contributed by atoms with Crippen molar-refractivity contribution in [3.8, 4) is 0 Å². The number of aromatic nitrogens is 1. The Morgan fingerprint density at radius 2 is 2.31 bits per heavy atom. The lowest BCUT2D eigenvalue weighted by molar-refractivity contribution is -0.147. The second-order valence-electron chi connectivity index (χ2n) is 3.49. The molecule has 0 amide bonds. The molecule has 4 nitrogen and oxygen atoms in total. The minimum atomic E-state index is -0.898. The number of rotatable bonds is 3. The molecule has 0 unspecified atom stereocenters. The van der Waals surface area contributed by atoms with Crippen molar-refractivity contribution in [3.05, 3.63) is 21.2 Å². The molecule has 1 N–H and O–H groups in total. The van der Waals surface area contributed by atoms with Crippen LogP contribution in [-0.4, -0.2) is 15.6 Å². The van der Waals surface area contributed by atoms with Crippen molar-refractivity contribution in [2.75, 3.05) is 0 Å². The van der Waals surface area contributed by atoms with Crippen LogP contribution >= 0.6 is 11.3 Å². The summed E-state index contributed by atoms with van der Waals surface area (Å²) in [6.07, 6.45) is 1.61. The Hall–Kier alpha value is -1.10. The van der Waals surface area contributed by atoms with Crippen molar-refractivity contribution in [2.45, 2.75) is 20.4 Å². The molecule has 0 aliphatic heterocycles. The summed E-state index contributed by atoms with van der Waals surface area (Å²) in [5.41, 5.74) is -0.898. The van der Waals surface area contributed by atoms with Gasteiger partial charge in [0.1, 0.15) is 0 Å². The van der Waals surface area contributed by atoms with Gasteiger partial charge in [-0.05, 0) is 13.8 Å². The van der Waals surface area contributed by atoms with Crippen molar-refractivity contribution < 1.29 is 9.90 Å². The standard InChI is InChI=1S/C8H11NO3S/c1-8(2,6(10)11)5-9-3-4-13-7(9)12/h3-4H,5H2,1-2H3,(H,10,11). The smallest absolute Gasteiger partial charge is 0.310 e. The Morgan fingerprint density at radius 1 is 1.69 bits per heavy atom. The number of hydrogen-bond acceptors (Lipinski definition) is 3. The van der Waals surface area contributed by atoms with Crippen molar-refractivity contribution >= 4 is 17.3 Å². The number of carboxylic acid groups (broad SMARTS) is 1. The second-order valence-corrected chi connectivity index (χ2v) is 4.34. The van der Waals surface area contributed by atoms with E-state index < -0.39 is 11.4 Å². The molecule has 13 heavy (non-hydrogen) atoms. The molecular weight excluding hydrogens is 190 g/mol. The van der Waals surface area contributed by atoms with E-state index in [1.807, 2.05) is 0 Å². The Kier molecular flexibility index (Phi) is 2.56. The number of hydrogen-bond donors (Lipinski definition) is 1. The lowest BCUT2D eigenvalue weighted by Gasteiger charge is -2.18. The summed E-state index contributed by atoms with van der Waals surface area (Å²) < 4.78 is 1.42. The Labute approximate surface area is 79.4 Å². The van der Waals surface area contributed by atoms with E-state index in [1.165, 1.54) is 4.57 Å². The highest BCUT2D eigenvalue weighted by atomic mass is 32.1. The summed E-state index contributed by atoms with van der Waals surface area (Å²) in [4.78, 5) is 21.7. The fourth-order valence-corrected chi connectivity index (χ4v) is 1.49. The van der Waals surface area contributed by atoms with Crippen LogP contribution in [0.25, 0.3) is 0 Å². The molecule has 0 aliphatic rings. The van der Waals surface area contributed by atoms with Crippen molar-refractivity contribution in [3.63, 3.8) is 0 Å². The normalized spacial score (nSPS) is 11.5. The van der Waals surface area contributed by atoms with Gasteiger partial charge in [-0.3, -0.25) is 9.59 Å². The fourth-order valence-electron chi connectivity index (χ4n) is 0.901. The maximum atomic E-state index is 11.1. The first-order valence-electron chi connectivity index (χ1n) is 3.81. The van der Waals surface area contributed by atoms with Gasteiger partial charge in [0, 0.05) is 18.1 Å². The summed E-state index contributed by atoms with van der Waals surface area (Å²) >= 11 is 1.07. The van der Waals surface area contributed by atoms with E-state index in [-0.39, 0.29) is 11.4 Å².